The molecule has 6 fully saturated rings. The van der Waals surface area contributed by atoms with E-state index >= 15 is 0 Å². The molecule has 6 aliphatic heterocycles. The highest BCUT2D eigenvalue weighted by molar-refractivity contribution is 8.32. The van der Waals surface area contributed by atoms with E-state index in [2.05, 4.69) is 69.8 Å². The van der Waals surface area contributed by atoms with Crippen LogP contribution in [0.4, 0.5) is 23.5 Å². The van der Waals surface area contributed by atoms with E-state index in [9.17, 15) is 57.8 Å². The Labute approximate surface area is 747 Å². The van der Waals surface area contributed by atoms with Crippen LogP contribution in [0.15, 0.2) is 79.1 Å². The van der Waals surface area contributed by atoms with Gasteiger partial charge in [-0.2, -0.15) is 9.97 Å². The van der Waals surface area contributed by atoms with Crippen LogP contribution in [0.3, 0.4) is 0 Å². The van der Waals surface area contributed by atoms with Crippen LogP contribution in [0.25, 0.3) is 44.7 Å². The van der Waals surface area contributed by atoms with Gasteiger partial charge in [-0.05, 0) is 32.1 Å². The number of aromatic nitrogens is 20. The summed E-state index contributed by atoms with van der Waals surface area (Å²) in [7, 11) is 1.04. The molecule has 13 N–H and O–H groups in total. The monoisotopic (exact) mass is 2010 g/mol. The Balaban J connectivity index is 0.623. The van der Waals surface area contributed by atoms with Gasteiger partial charge in [-0.1, -0.05) is 54.2 Å². The minimum Gasteiger partial charge on any atom is -0.780 e. The lowest BCUT2D eigenvalue weighted by Gasteiger charge is -2.36. The maximum atomic E-state index is 14.9. The number of H-pyrrole nitrogens is 4. The number of aromatic amines is 4. The van der Waals surface area contributed by atoms with Gasteiger partial charge in [-0.25, -0.2) is 49.5 Å². The fourth-order valence-corrected chi connectivity index (χ4v) is 23.4. The second kappa shape index (κ2) is 37.6. The van der Waals surface area contributed by atoms with Crippen LogP contribution in [0.1, 0.15) is 100 Å². The molecule has 0 aliphatic carbocycles. The smallest absolute Gasteiger partial charge is 0.330 e. The minimum atomic E-state index is -4.90. The van der Waals surface area contributed by atoms with Crippen LogP contribution >= 0.6 is 40.4 Å². The van der Waals surface area contributed by atoms with Crippen molar-refractivity contribution in [1.82, 2.24) is 97.2 Å². The Morgan fingerprint density at radius 2 is 0.742 bits per heavy atom. The lowest BCUT2D eigenvalue weighted by molar-refractivity contribution is -0.220. The molecule has 694 valence electrons. The molecule has 128 heavy (non-hydrogen) atoms. The van der Waals surface area contributed by atoms with Crippen LogP contribution in [-0.4, -0.2) is 215 Å². The number of fused-ring (bicyclic) bond motifs is 4. The van der Waals surface area contributed by atoms with E-state index in [4.69, 9.17) is 177 Å². The van der Waals surface area contributed by atoms with Crippen molar-refractivity contribution in [2.45, 2.75) is 176 Å². The van der Waals surface area contributed by atoms with Crippen LogP contribution in [0.2, 0.25) is 0 Å². The predicted octanol–water partition coefficient (Wildman–Crippen LogP) is -1.63. The fraction of sp³-hybridized carbons (Fsp3) is 0.548. The summed E-state index contributed by atoms with van der Waals surface area (Å²) in [6.07, 6.45) is -14.0. The summed E-state index contributed by atoms with van der Waals surface area (Å²) in [5.41, 5.74) is 20.4. The van der Waals surface area contributed by atoms with Gasteiger partial charge in [0.15, 0.2) is 52.1 Å². The largest absolute Gasteiger partial charge is 0.780 e. The number of nitrogens with one attached hydrogen (secondary N) is 4. The Hall–Kier alpha value is -6.73. The third-order valence-electron chi connectivity index (χ3n) is 21.1. The second-order valence-electron chi connectivity index (χ2n) is 29.5. The third kappa shape index (κ3) is 20.9. The van der Waals surface area contributed by atoms with E-state index in [1.807, 2.05) is 0 Å². The first-order valence-corrected chi connectivity index (χ1v) is 53.6. The normalized spacial score (nSPS) is 29.1. The maximum absolute atomic E-state index is 14.9. The molecule has 54 nitrogen and oxygen atoms in total. The average Bonchev–Trinajstić information content (AvgIpc) is 1.59. The maximum Gasteiger partial charge on any atom is 0.330 e. The fourth-order valence-electron chi connectivity index (χ4n) is 15.1. The topological polar surface area (TPSA) is 724 Å². The van der Waals surface area contributed by atoms with Crippen LogP contribution in [0.5, 0.6) is 0 Å². The lowest BCUT2D eigenvalue weighted by Crippen LogP contribution is -2.34. The molecule has 24 atom stereocenters. The number of hydrogen-bond donors (Lipinski definition) is 9. The SMILES string of the molecule is CC[C@H]1O[C@@H](n2cc(C)c(=O)[nH]c2=O)C[C@H]1OP([O-])(=S)OC[C@H]1O[C@@H](n2cnc3c(=O)[nH]c(N)nc32)C[C@H]1OP(=O)([S-])OC[C@H]1O[C@@H](n2cnc3c(=O)[nH]c(N)nc32)C[C@H]1OP(O)(=S)OC[C@H]1O[C@@H](n2cnc3c(N)ncnc32)C[C@H]1OP([O-])(=S)OC[C@H]1O[C@@H](n2cnc3c(N)ncnc32)C[C@H]1OP([O-])(=S)OC[C@H]1O[C@@H](n2cc(C)c(=O)[nH]c2=O)C[C@H]1OP([O-])(=S)OC. The third-order valence-corrected chi connectivity index (χ3v) is 30.7. The molecule has 10 aromatic heterocycles. The zero-order chi connectivity index (χ0) is 91.2. The van der Waals surface area contributed by atoms with Crippen molar-refractivity contribution in [3.8, 4) is 0 Å². The van der Waals surface area contributed by atoms with E-state index in [0.29, 0.717) is 0 Å². The van der Waals surface area contributed by atoms with Crippen LogP contribution in [0, 0.1) is 13.8 Å². The summed E-state index contributed by atoms with van der Waals surface area (Å²) < 4.78 is 131. The van der Waals surface area contributed by atoms with Crippen molar-refractivity contribution in [3.05, 3.63) is 124 Å². The number of anilines is 4. The molecule has 6 saturated heterocycles. The highest BCUT2D eigenvalue weighted by Gasteiger charge is 2.49. The number of nitrogens with two attached hydrogens (primary N) is 4. The number of imidazole rings is 4. The Morgan fingerprint density at radius 1 is 0.430 bits per heavy atom. The molecule has 0 spiro atoms. The summed E-state index contributed by atoms with van der Waals surface area (Å²) in [5.74, 6) is -0.613. The Morgan fingerprint density at radius 3 is 1.12 bits per heavy atom. The first kappa shape index (κ1) is 94.5. The van der Waals surface area contributed by atoms with Crippen molar-refractivity contribution < 1.29 is 112 Å². The molecule has 0 aromatic carbocycles. The van der Waals surface area contributed by atoms with Gasteiger partial charge in [-0.15, -0.1) is 0 Å². The first-order chi connectivity index (χ1) is 60.5. The van der Waals surface area contributed by atoms with Gasteiger partial charge in [0.25, 0.3) is 22.2 Å². The van der Waals surface area contributed by atoms with E-state index < -0.39 is 218 Å². The summed E-state index contributed by atoms with van der Waals surface area (Å²) in [6, 6.07) is 0. The number of ether oxygens (including phenoxy) is 6. The van der Waals surface area contributed by atoms with Gasteiger partial charge in [0.2, 0.25) is 11.9 Å². The number of nitrogens with zero attached hydrogens (tertiary/aromatic N) is 16. The molecule has 66 heteroatoms. The van der Waals surface area contributed by atoms with Gasteiger partial charge >= 0.3 is 18.1 Å². The van der Waals surface area contributed by atoms with Crippen molar-refractivity contribution >= 4 is 180 Å². The molecular formula is C62H75N24O30P6S6-5. The molecule has 0 amide bonds. The average molecular weight is 2010 g/mol. The van der Waals surface area contributed by atoms with Gasteiger partial charge in [-0.3, -0.25) is 71.1 Å². The zero-order valence-corrected chi connectivity index (χ0v) is 76.6. The molecule has 0 radical (unpaired) electrons. The van der Waals surface area contributed by atoms with E-state index in [1.165, 1.54) is 76.1 Å². The molecular weight excluding hydrogens is 1940 g/mol. The molecule has 16 rings (SSSR count). The first-order valence-electron chi connectivity index (χ1n) is 38.2. The summed E-state index contributed by atoms with van der Waals surface area (Å²) in [6.45, 7) is -27.2. The van der Waals surface area contributed by atoms with Gasteiger partial charge in [0.1, 0.15) is 118 Å². The molecule has 6 aliphatic rings. The highest BCUT2D eigenvalue weighted by Crippen LogP contribution is 2.57. The number of hydrogen-bond acceptors (Lipinski definition) is 49. The van der Waals surface area contributed by atoms with Gasteiger partial charge in [0.05, 0.1) is 101 Å². The van der Waals surface area contributed by atoms with Gasteiger partial charge < -0.3 is 142 Å². The quantitative estimate of drug-likeness (QED) is 0.0159. The Bertz CT molecular complexity index is 6610. The van der Waals surface area contributed by atoms with Crippen molar-refractivity contribution in [2.75, 3.05) is 63.1 Å². The minimum absolute atomic E-state index is 0.00377. The molecule has 0 saturated carbocycles. The number of aryl methyl sites for hydroxylation is 2. The predicted molar refractivity (Wildman–Crippen MR) is 453 cm³/mol. The lowest BCUT2D eigenvalue weighted by atomic mass is 10.1. The molecule has 16 heterocycles. The van der Waals surface area contributed by atoms with Crippen LogP contribution < -0.4 is 76.1 Å². The van der Waals surface area contributed by atoms with Crippen molar-refractivity contribution in [3.63, 3.8) is 0 Å². The standard InChI is InChI=1S/C62H80N24O30P6S6/c1-5-27-28(6-39(105-27)81-12-25(2)55(87)79-61(81)91)112-118(94,124)100-17-37-32(10-43(109-37)85-23-73-47-53(85)75-59(65)77-57(47)89)115-122(98,128)104-18-38-33(11-44(110-38)86-24-74-48-54(86)76-60(66)78-58(48)90)116-121(97,127)103-16-36-31(9-42(108-36)84-22-72-46-50(64)68-20-70-52(46)84)114-120(96,126)102-15-35-30(8-41(107-35)83-21-71-45-49(63)67-19-69-51(45)83)113-119(95,125)101-14-34-29(111-117(93,123)99-4)7-40(106-34)82-13-26(3)56(88)80-62(82)92/h12-13,19-24,27-44H,5-11,14-18H2,1-4H3,(H,93,123)(H,94,124)(H,95,125)(H,96,126)(H,97,127)(H,98,128)(H2,63,67,69)(H2,64,68,70)(H,79,87,91)(H,80,88,92)(H3,65,75,77,89)(H3,66,76,78,90)/p-5/t27-,28-,29-,30-,31-,32-,33-,34-,35-,36-,37-,38-,39-,40-,41-,42-,43-,44-,117?,118?,119?,120?,121?,122?/m1/s1. The Kier molecular flexibility index (Phi) is 27.8. The van der Waals surface area contributed by atoms with E-state index in [1.54, 1.807) is 6.92 Å². The summed E-state index contributed by atoms with van der Waals surface area (Å²) >= 11 is 32.7. The van der Waals surface area contributed by atoms with Crippen molar-refractivity contribution in [1.29, 1.82) is 0 Å². The molecule has 10 aromatic rings. The van der Waals surface area contributed by atoms with E-state index in [-0.39, 0.29) is 124 Å². The molecule has 0 bridgehead atoms. The zero-order valence-electron chi connectivity index (χ0n) is 66.4. The van der Waals surface area contributed by atoms with Crippen LogP contribution in [-0.2, 0) is 159 Å². The highest BCUT2D eigenvalue weighted by atomic mass is 32.7. The summed E-state index contributed by atoms with van der Waals surface area (Å²) in [4.78, 5) is 197. The molecule has 6 unspecified atom stereocenters. The summed E-state index contributed by atoms with van der Waals surface area (Å²) in [5, 5.41) is 0. The number of nitrogen functional groups attached to an aromatic ring is 4. The van der Waals surface area contributed by atoms with E-state index in [0.717, 1.165) is 22.6 Å². The van der Waals surface area contributed by atoms with Gasteiger partial charge in [0, 0.05) is 69.2 Å². The van der Waals surface area contributed by atoms with Crippen molar-refractivity contribution in [2.24, 2.45) is 0 Å². The second-order valence-corrected chi connectivity index (χ2v) is 45.9. The number of rotatable bonds is 35.